The van der Waals surface area contributed by atoms with E-state index in [1.165, 1.54) is 12.1 Å². The third-order valence-electron chi connectivity index (χ3n) is 2.57. The number of nitrogens with two attached hydrogens (primary N) is 1. The second-order valence-electron chi connectivity index (χ2n) is 4.03. The molecule has 0 saturated heterocycles. The van der Waals surface area contributed by atoms with Crippen LogP contribution in [0.5, 0.6) is 0 Å². The average molecular weight is 222 g/mol. The number of non-ortho nitro benzene ring substituents is 1. The van der Waals surface area contributed by atoms with Crippen molar-refractivity contribution in [2.75, 3.05) is 0 Å². The number of nitro groups is 1. The number of nitro benzene ring substituents is 1. The third kappa shape index (κ3) is 3.98. The topological polar surface area (TPSA) is 69.2 Å². The van der Waals surface area contributed by atoms with E-state index < -0.39 is 0 Å². The number of hydrogen-bond acceptors (Lipinski definition) is 3. The summed E-state index contributed by atoms with van der Waals surface area (Å²) in [5.74, 6) is 0. The summed E-state index contributed by atoms with van der Waals surface area (Å²) in [7, 11) is 0. The minimum atomic E-state index is -0.388. The Labute approximate surface area is 95.6 Å². The standard InChI is InChI=1S/C12H18N2O2/c1-2-3-4-11(13)9-10-5-7-12(8-6-10)14(15)16/h5-8,11H,2-4,9,13H2,1H3. The predicted molar refractivity (Wildman–Crippen MR) is 64.3 cm³/mol. The summed E-state index contributed by atoms with van der Waals surface area (Å²) in [5, 5.41) is 10.5. The molecule has 1 atom stereocenters. The predicted octanol–water partition coefficient (Wildman–Crippen LogP) is 2.65. The normalized spacial score (nSPS) is 12.4. The van der Waals surface area contributed by atoms with Crippen molar-refractivity contribution in [1.82, 2.24) is 0 Å². The van der Waals surface area contributed by atoms with Crippen LogP contribution in [0.25, 0.3) is 0 Å². The van der Waals surface area contributed by atoms with Crippen LogP contribution in [0.15, 0.2) is 24.3 Å². The summed E-state index contributed by atoms with van der Waals surface area (Å²) in [6.45, 7) is 2.14. The molecule has 1 aromatic rings. The van der Waals surface area contributed by atoms with Crippen LogP contribution in [0.3, 0.4) is 0 Å². The van der Waals surface area contributed by atoms with E-state index >= 15 is 0 Å². The van der Waals surface area contributed by atoms with Gasteiger partial charge in [-0.15, -0.1) is 0 Å². The molecule has 1 aromatic carbocycles. The molecule has 0 fully saturated rings. The first-order valence-corrected chi connectivity index (χ1v) is 5.62. The molecule has 0 aromatic heterocycles. The molecule has 0 aliphatic heterocycles. The van der Waals surface area contributed by atoms with E-state index in [4.69, 9.17) is 5.73 Å². The Morgan fingerprint density at radius 2 is 2.00 bits per heavy atom. The fraction of sp³-hybridized carbons (Fsp3) is 0.500. The molecule has 16 heavy (non-hydrogen) atoms. The highest BCUT2D eigenvalue weighted by Gasteiger charge is 2.06. The molecule has 2 N–H and O–H groups in total. The average Bonchev–Trinajstić information content (AvgIpc) is 2.27. The highest BCUT2D eigenvalue weighted by molar-refractivity contribution is 5.33. The van der Waals surface area contributed by atoms with Gasteiger partial charge in [0, 0.05) is 18.2 Å². The van der Waals surface area contributed by atoms with Crippen LogP contribution in [0.4, 0.5) is 5.69 Å². The van der Waals surface area contributed by atoms with Crippen molar-refractivity contribution < 1.29 is 4.92 Å². The molecule has 0 saturated carbocycles. The van der Waals surface area contributed by atoms with Crippen LogP contribution in [0, 0.1) is 10.1 Å². The van der Waals surface area contributed by atoms with Crippen molar-refractivity contribution in [3.8, 4) is 0 Å². The first-order valence-electron chi connectivity index (χ1n) is 5.62. The van der Waals surface area contributed by atoms with Gasteiger partial charge in [0.15, 0.2) is 0 Å². The van der Waals surface area contributed by atoms with Crippen molar-refractivity contribution in [3.05, 3.63) is 39.9 Å². The van der Waals surface area contributed by atoms with Crippen molar-refractivity contribution in [2.45, 2.75) is 38.6 Å². The van der Waals surface area contributed by atoms with Gasteiger partial charge in [-0.25, -0.2) is 0 Å². The fourth-order valence-corrected chi connectivity index (χ4v) is 1.62. The van der Waals surface area contributed by atoms with Gasteiger partial charge in [-0.2, -0.15) is 0 Å². The van der Waals surface area contributed by atoms with Crippen molar-refractivity contribution in [1.29, 1.82) is 0 Å². The zero-order valence-electron chi connectivity index (χ0n) is 9.56. The first kappa shape index (κ1) is 12.6. The number of nitrogens with zero attached hydrogens (tertiary/aromatic N) is 1. The quantitative estimate of drug-likeness (QED) is 0.594. The van der Waals surface area contributed by atoms with E-state index in [1.807, 2.05) is 0 Å². The van der Waals surface area contributed by atoms with Crippen LogP contribution in [-0.2, 0) is 6.42 Å². The lowest BCUT2D eigenvalue weighted by atomic mass is 10.0. The van der Waals surface area contributed by atoms with Crippen LogP contribution in [0.2, 0.25) is 0 Å². The Morgan fingerprint density at radius 3 is 2.50 bits per heavy atom. The van der Waals surface area contributed by atoms with Gasteiger partial charge in [-0.1, -0.05) is 31.9 Å². The number of rotatable bonds is 6. The molecular weight excluding hydrogens is 204 g/mol. The summed E-state index contributed by atoms with van der Waals surface area (Å²) in [6.07, 6.45) is 4.08. The van der Waals surface area contributed by atoms with Crippen LogP contribution >= 0.6 is 0 Å². The number of unbranched alkanes of at least 4 members (excludes halogenated alkanes) is 1. The molecular formula is C12H18N2O2. The first-order chi connectivity index (χ1) is 7.63. The number of hydrogen-bond donors (Lipinski definition) is 1. The highest BCUT2D eigenvalue weighted by atomic mass is 16.6. The zero-order valence-corrected chi connectivity index (χ0v) is 9.56. The maximum Gasteiger partial charge on any atom is 0.269 e. The monoisotopic (exact) mass is 222 g/mol. The summed E-state index contributed by atoms with van der Waals surface area (Å²) < 4.78 is 0. The van der Waals surface area contributed by atoms with Crippen molar-refractivity contribution in [2.24, 2.45) is 5.73 Å². The molecule has 0 aliphatic rings. The van der Waals surface area contributed by atoms with E-state index in [0.717, 1.165) is 31.2 Å². The largest absolute Gasteiger partial charge is 0.327 e. The molecule has 1 unspecified atom stereocenters. The van der Waals surface area contributed by atoms with Gasteiger partial charge in [-0.3, -0.25) is 10.1 Å². The number of benzene rings is 1. The lowest BCUT2D eigenvalue weighted by Crippen LogP contribution is -2.22. The Morgan fingerprint density at radius 1 is 1.38 bits per heavy atom. The van der Waals surface area contributed by atoms with E-state index in [2.05, 4.69) is 6.92 Å². The molecule has 0 amide bonds. The lowest BCUT2D eigenvalue weighted by molar-refractivity contribution is -0.384. The molecule has 4 nitrogen and oxygen atoms in total. The molecule has 1 rings (SSSR count). The second-order valence-corrected chi connectivity index (χ2v) is 4.03. The summed E-state index contributed by atoms with van der Waals surface area (Å²) in [5.41, 5.74) is 7.15. The molecule has 0 heterocycles. The van der Waals surface area contributed by atoms with Gasteiger partial charge in [-0.05, 0) is 18.4 Å². The Balaban J connectivity index is 2.51. The summed E-state index contributed by atoms with van der Waals surface area (Å²) >= 11 is 0. The van der Waals surface area contributed by atoms with Crippen LogP contribution < -0.4 is 5.73 Å². The van der Waals surface area contributed by atoms with Gasteiger partial charge < -0.3 is 5.73 Å². The molecule has 4 heteroatoms. The van der Waals surface area contributed by atoms with Gasteiger partial charge in [0.2, 0.25) is 0 Å². The van der Waals surface area contributed by atoms with Gasteiger partial charge in [0.25, 0.3) is 5.69 Å². The van der Waals surface area contributed by atoms with E-state index in [1.54, 1.807) is 12.1 Å². The Bertz CT molecular complexity index is 335. The minimum Gasteiger partial charge on any atom is -0.327 e. The SMILES string of the molecule is CCCCC(N)Cc1ccc([N+](=O)[O-])cc1. The fourth-order valence-electron chi connectivity index (χ4n) is 1.62. The third-order valence-corrected chi connectivity index (χ3v) is 2.57. The Hall–Kier alpha value is -1.42. The molecule has 0 spiro atoms. The molecule has 0 bridgehead atoms. The molecule has 0 radical (unpaired) electrons. The molecule has 88 valence electrons. The maximum absolute atomic E-state index is 10.5. The van der Waals surface area contributed by atoms with Gasteiger partial charge >= 0.3 is 0 Å². The van der Waals surface area contributed by atoms with Crippen molar-refractivity contribution in [3.63, 3.8) is 0 Å². The smallest absolute Gasteiger partial charge is 0.269 e. The van der Waals surface area contributed by atoms with E-state index in [0.29, 0.717) is 0 Å². The Kier molecular flexibility index (Phi) is 4.92. The highest BCUT2D eigenvalue weighted by Crippen LogP contribution is 2.14. The van der Waals surface area contributed by atoms with Crippen molar-refractivity contribution >= 4 is 5.69 Å². The van der Waals surface area contributed by atoms with Gasteiger partial charge in [0.05, 0.1) is 4.92 Å². The lowest BCUT2D eigenvalue weighted by Gasteiger charge is -2.10. The van der Waals surface area contributed by atoms with Crippen LogP contribution in [-0.4, -0.2) is 11.0 Å². The summed E-state index contributed by atoms with van der Waals surface area (Å²) in [4.78, 5) is 10.1. The molecule has 0 aliphatic carbocycles. The maximum atomic E-state index is 10.5. The zero-order chi connectivity index (χ0) is 12.0. The summed E-state index contributed by atoms with van der Waals surface area (Å²) in [6, 6.07) is 6.78. The van der Waals surface area contributed by atoms with Crippen LogP contribution in [0.1, 0.15) is 31.7 Å². The minimum absolute atomic E-state index is 0.130. The van der Waals surface area contributed by atoms with Gasteiger partial charge in [0.1, 0.15) is 0 Å². The second kappa shape index (κ2) is 6.23. The van der Waals surface area contributed by atoms with E-state index in [9.17, 15) is 10.1 Å². The van der Waals surface area contributed by atoms with E-state index in [-0.39, 0.29) is 16.7 Å².